The molecule has 0 aromatic rings. The van der Waals surface area contributed by atoms with Gasteiger partial charge in [-0.1, -0.05) is 0 Å². The van der Waals surface area contributed by atoms with Gasteiger partial charge in [0.1, 0.15) is 0 Å². The molecule has 0 N–H and O–H groups in total. The summed E-state index contributed by atoms with van der Waals surface area (Å²) in [6, 6.07) is 0. The normalized spacial score (nSPS) is 5.00. The van der Waals surface area contributed by atoms with Gasteiger partial charge in [-0.15, -0.1) is 0 Å². The van der Waals surface area contributed by atoms with E-state index in [0.717, 1.165) is 0 Å². The van der Waals surface area contributed by atoms with Crippen molar-refractivity contribution in [2.45, 2.75) is 6.92 Å². The van der Waals surface area contributed by atoms with Gasteiger partial charge in [0.25, 0.3) is 0 Å². The van der Waals surface area contributed by atoms with Crippen molar-refractivity contribution in [2.24, 2.45) is 0 Å². The molecule has 0 unspecified atom stereocenters. The summed E-state index contributed by atoms with van der Waals surface area (Å²) in [5.74, 6) is 0. The van der Waals surface area contributed by atoms with E-state index in [-0.39, 0.29) is 24.0 Å². The maximum absolute atomic E-state index is 9.26. The summed E-state index contributed by atoms with van der Waals surface area (Å²) in [6.07, 6.45) is 0. The molecule has 0 amide bonds. The molecule has 0 spiro atoms. The second-order valence-electron chi connectivity index (χ2n) is 0.492. The third kappa shape index (κ3) is 117. The van der Waals surface area contributed by atoms with Gasteiger partial charge < -0.3 is 17.4 Å². The van der Waals surface area contributed by atoms with Crippen LogP contribution in [0.15, 0.2) is 0 Å². The topological polar surface area (TPSA) is 17.1 Å². The first-order chi connectivity index (χ1) is 1.73. The van der Waals surface area contributed by atoms with E-state index < -0.39 is 0 Å². The third-order valence-electron chi connectivity index (χ3n) is 0. The maximum atomic E-state index is 9.26. The molecule has 0 aliphatic rings. The van der Waals surface area contributed by atoms with Crippen LogP contribution in [0.5, 0.6) is 0 Å². The fourth-order valence-corrected chi connectivity index (χ4v) is 0. The molecule has 0 aliphatic heterocycles. The van der Waals surface area contributed by atoms with Gasteiger partial charge in [0.2, 0.25) is 0 Å². The van der Waals surface area contributed by atoms with Gasteiger partial charge in [0.15, 0.2) is 0 Å². The zero-order chi connectivity index (χ0) is 3.58. The Morgan fingerprint density at radius 3 is 1.80 bits per heavy atom. The van der Waals surface area contributed by atoms with E-state index in [1.54, 1.807) is 0 Å². The molecule has 5 heavy (non-hydrogen) atoms. The molecule has 0 rings (SSSR count). The number of rotatable bonds is 0. The first kappa shape index (κ1) is 9.09. The number of hydrogen-bond donors (Lipinski definition) is 0. The minimum Gasteiger partial charge on any atom is -0.742 e. The monoisotopic (exact) mass is 82.0 g/mol. The molecule has 0 bridgehead atoms. The molecule has 0 atom stereocenters. The number of carbonyl (C=O) groups is 1. The molecule has 0 aromatic carbocycles. The second kappa shape index (κ2) is 4.49. The Morgan fingerprint density at radius 2 is 1.80 bits per heavy atom. The van der Waals surface area contributed by atoms with Crippen molar-refractivity contribution in [1.29, 1.82) is 0 Å². The van der Waals surface area contributed by atoms with E-state index in [1.165, 1.54) is 6.92 Å². The Bertz CT molecular complexity index is 32.6. The Labute approximate surface area is 48.7 Å². The van der Waals surface area contributed by atoms with Crippen LogP contribution < -0.4 is 18.9 Å². The summed E-state index contributed by atoms with van der Waals surface area (Å²) in [5.41, 5.74) is 0. The first-order valence-electron chi connectivity index (χ1n) is 0.908. The van der Waals surface area contributed by atoms with Crippen molar-refractivity contribution in [3.63, 3.8) is 0 Å². The fraction of sp³-hybridized carbons (Fsp3) is 0.500. The van der Waals surface area contributed by atoms with Crippen molar-refractivity contribution in [2.75, 3.05) is 0 Å². The second-order valence-corrected chi connectivity index (χ2v) is 1.07. The Morgan fingerprint density at radius 1 is 1.80 bits per heavy atom. The van der Waals surface area contributed by atoms with Gasteiger partial charge >= 0.3 is 18.9 Å². The Kier molecular flexibility index (Phi) is 8.15. The summed E-state index contributed by atoms with van der Waals surface area (Å²) in [6.45, 7) is 1.34. The summed E-state index contributed by atoms with van der Waals surface area (Å²) in [5, 5.41) is -0.250. The summed E-state index contributed by atoms with van der Waals surface area (Å²) in [7, 11) is 0. The van der Waals surface area contributed by atoms with Crippen molar-refractivity contribution < 1.29 is 23.7 Å². The van der Waals surface area contributed by atoms with Crippen molar-refractivity contribution in [1.82, 2.24) is 0 Å². The number of hydrogen-bond acceptors (Lipinski definition) is 2. The van der Waals surface area contributed by atoms with E-state index in [4.69, 9.17) is 0 Å². The molecule has 0 aromatic heterocycles. The standard InChI is InChI=1S/C2H4OS.Li/c1-2(3)4;/h1H3,(H,3,4);/q;+1/p-1. The van der Waals surface area contributed by atoms with Crippen molar-refractivity contribution in [3.8, 4) is 0 Å². The maximum Gasteiger partial charge on any atom is 1.00 e. The van der Waals surface area contributed by atoms with E-state index in [1.807, 2.05) is 0 Å². The van der Waals surface area contributed by atoms with Crippen LogP contribution >= 0.6 is 0 Å². The quantitative estimate of drug-likeness (QED) is 0.230. The summed E-state index contributed by atoms with van der Waals surface area (Å²) >= 11 is 3.98. The predicted molar refractivity (Wildman–Crippen MR) is 18.0 cm³/mol. The van der Waals surface area contributed by atoms with Crippen LogP contribution in [0, 0.1) is 0 Å². The predicted octanol–water partition coefficient (Wildman–Crippen LogP) is -2.92. The minimum absolute atomic E-state index is 0. The SMILES string of the molecule is CC(=O)[S-].[Li+]. The third-order valence-corrected chi connectivity index (χ3v) is 0. The molecule has 0 heterocycles. The zero-order valence-corrected chi connectivity index (χ0v) is 4.13. The van der Waals surface area contributed by atoms with Gasteiger partial charge in [0, 0.05) is 5.12 Å². The average Bonchev–Trinajstić information content (AvgIpc) is 0.811. The van der Waals surface area contributed by atoms with E-state index in [2.05, 4.69) is 12.6 Å². The van der Waals surface area contributed by atoms with Gasteiger partial charge in [-0.25, -0.2) is 0 Å². The summed E-state index contributed by atoms with van der Waals surface area (Å²) in [4.78, 5) is 9.26. The van der Waals surface area contributed by atoms with Gasteiger partial charge in [-0.3, -0.25) is 0 Å². The molecule has 3 heteroatoms. The van der Waals surface area contributed by atoms with E-state index in [0.29, 0.717) is 0 Å². The Balaban J connectivity index is 0. The minimum atomic E-state index is -0.250. The van der Waals surface area contributed by atoms with Crippen molar-refractivity contribution in [3.05, 3.63) is 0 Å². The molecule has 24 valence electrons. The smallest absolute Gasteiger partial charge is 0.742 e. The van der Waals surface area contributed by atoms with Crippen LogP contribution in [0.2, 0.25) is 0 Å². The molecule has 0 radical (unpaired) electrons. The molecule has 0 aliphatic carbocycles. The van der Waals surface area contributed by atoms with Crippen LogP contribution in [-0.4, -0.2) is 5.12 Å². The molecule has 0 fully saturated rings. The van der Waals surface area contributed by atoms with Crippen LogP contribution in [0.4, 0.5) is 0 Å². The van der Waals surface area contributed by atoms with E-state index in [9.17, 15) is 4.79 Å². The zero-order valence-electron chi connectivity index (χ0n) is 3.32. The molecular formula is C2H3LiOS. The van der Waals surface area contributed by atoms with Crippen LogP contribution in [0.25, 0.3) is 0 Å². The molecule has 0 saturated carbocycles. The van der Waals surface area contributed by atoms with Crippen LogP contribution in [-0.2, 0) is 17.4 Å². The first-order valence-corrected chi connectivity index (χ1v) is 1.32. The van der Waals surface area contributed by atoms with Gasteiger partial charge in [0.05, 0.1) is 0 Å². The largest absolute Gasteiger partial charge is 1.00 e. The van der Waals surface area contributed by atoms with E-state index >= 15 is 0 Å². The molecule has 0 saturated heterocycles. The van der Waals surface area contributed by atoms with Crippen LogP contribution in [0.3, 0.4) is 0 Å². The van der Waals surface area contributed by atoms with Crippen molar-refractivity contribution >= 4 is 17.7 Å². The van der Waals surface area contributed by atoms with Gasteiger partial charge in [-0.2, -0.15) is 0 Å². The fourth-order valence-electron chi connectivity index (χ4n) is 0. The summed E-state index contributed by atoms with van der Waals surface area (Å²) < 4.78 is 0. The van der Waals surface area contributed by atoms with Crippen LogP contribution in [0.1, 0.15) is 6.92 Å². The molecular weight excluding hydrogens is 79.0 g/mol. The molecule has 1 nitrogen and oxygen atoms in total. The Hall–Kier alpha value is 0.487. The average molecular weight is 82.1 g/mol. The van der Waals surface area contributed by atoms with Gasteiger partial charge in [-0.05, 0) is 6.92 Å². The number of carbonyl (C=O) groups excluding carboxylic acids is 1.